The van der Waals surface area contributed by atoms with Crippen molar-refractivity contribution in [3.8, 4) is 0 Å². The van der Waals surface area contributed by atoms with E-state index in [1.165, 1.54) is 11.0 Å². The largest absolute Gasteiger partial charge is 0.477 e. The van der Waals surface area contributed by atoms with E-state index in [1.807, 2.05) is 6.92 Å². The minimum absolute atomic E-state index is 0.00675. The summed E-state index contributed by atoms with van der Waals surface area (Å²) in [6.07, 6.45) is -0.410. The maximum atomic E-state index is 12.0. The number of pyridine rings is 1. The Morgan fingerprint density at radius 3 is 2.55 bits per heavy atom. The van der Waals surface area contributed by atoms with Crippen LogP contribution < -0.4 is 0 Å². The minimum atomic E-state index is -1.06. The predicted octanol–water partition coefficient (Wildman–Crippen LogP) is 2.34. The molecule has 6 nitrogen and oxygen atoms in total. The average molecular weight is 278 g/mol. The van der Waals surface area contributed by atoms with E-state index < -0.39 is 17.7 Å². The number of amides is 1. The monoisotopic (exact) mass is 278 g/mol. The third kappa shape index (κ3) is 2.89. The van der Waals surface area contributed by atoms with Crippen LogP contribution in [0.4, 0.5) is 4.79 Å². The van der Waals surface area contributed by atoms with E-state index in [1.54, 1.807) is 20.8 Å². The zero-order valence-corrected chi connectivity index (χ0v) is 12.1. The van der Waals surface area contributed by atoms with Crippen LogP contribution in [0.1, 0.15) is 48.1 Å². The van der Waals surface area contributed by atoms with Gasteiger partial charge >= 0.3 is 12.1 Å². The highest BCUT2D eigenvalue weighted by atomic mass is 16.6. The number of rotatable bonds is 1. The number of aromatic nitrogens is 1. The zero-order chi connectivity index (χ0) is 15.1. The summed E-state index contributed by atoms with van der Waals surface area (Å²) in [7, 11) is 0. The number of hydrogen-bond acceptors (Lipinski definition) is 4. The lowest BCUT2D eigenvalue weighted by Crippen LogP contribution is -2.33. The topological polar surface area (TPSA) is 79.7 Å². The number of fused-ring (bicyclic) bond motifs is 1. The number of carbonyl (C=O) groups excluding carboxylic acids is 1. The van der Waals surface area contributed by atoms with Crippen molar-refractivity contribution in [1.29, 1.82) is 0 Å². The van der Waals surface area contributed by atoms with Gasteiger partial charge in [0.1, 0.15) is 11.3 Å². The van der Waals surface area contributed by atoms with Crippen LogP contribution in [0.25, 0.3) is 0 Å². The first kappa shape index (κ1) is 14.3. The van der Waals surface area contributed by atoms with Crippen LogP contribution in [-0.2, 0) is 17.8 Å². The van der Waals surface area contributed by atoms with Crippen molar-refractivity contribution in [3.05, 3.63) is 28.6 Å². The molecule has 1 aliphatic heterocycles. The average Bonchev–Trinajstić information content (AvgIpc) is 2.70. The van der Waals surface area contributed by atoms with Gasteiger partial charge < -0.3 is 9.84 Å². The Hall–Kier alpha value is -2.11. The van der Waals surface area contributed by atoms with Gasteiger partial charge in [0.15, 0.2) is 0 Å². The van der Waals surface area contributed by atoms with E-state index >= 15 is 0 Å². The molecule has 0 aliphatic carbocycles. The normalized spacial score (nSPS) is 14.1. The summed E-state index contributed by atoms with van der Waals surface area (Å²) in [4.78, 5) is 28.6. The van der Waals surface area contributed by atoms with Crippen LogP contribution in [0.2, 0.25) is 0 Å². The number of aryl methyl sites for hydroxylation is 1. The fourth-order valence-corrected chi connectivity index (χ4v) is 2.10. The Morgan fingerprint density at radius 2 is 2.00 bits per heavy atom. The number of aromatic carboxylic acids is 1. The van der Waals surface area contributed by atoms with Crippen LogP contribution in [0.3, 0.4) is 0 Å². The molecule has 0 fully saturated rings. The third-order valence-corrected chi connectivity index (χ3v) is 2.99. The standard InChI is InChI=1S/C14H18N2O4/c1-8-5-10(12(17)18)15-11-7-16(6-9(8)11)13(19)20-14(2,3)4/h5H,6-7H2,1-4H3,(H,17,18). The van der Waals surface area contributed by atoms with Crippen molar-refractivity contribution in [2.45, 2.75) is 46.4 Å². The molecule has 0 saturated carbocycles. The lowest BCUT2D eigenvalue weighted by molar-refractivity contribution is 0.0240. The summed E-state index contributed by atoms with van der Waals surface area (Å²) < 4.78 is 5.31. The first-order chi connectivity index (χ1) is 9.17. The molecule has 0 saturated heterocycles. The van der Waals surface area contributed by atoms with Crippen LogP contribution in [0.15, 0.2) is 6.07 Å². The molecule has 1 N–H and O–H groups in total. The molecule has 0 unspecified atom stereocenters. The molecule has 0 atom stereocenters. The van der Waals surface area contributed by atoms with Crippen LogP contribution in [0, 0.1) is 6.92 Å². The Kier molecular flexibility index (Phi) is 3.41. The molecule has 2 heterocycles. The van der Waals surface area contributed by atoms with Crippen LogP contribution >= 0.6 is 0 Å². The Bertz CT molecular complexity index is 575. The number of carboxylic acid groups (broad SMARTS) is 1. The van der Waals surface area contributed by atoms with Crippen molar-refractivity contribution in [3.63, 3.8) is 0 Å². The molecule has 0 spiro atoms. The molecule has 0 bridgehead atoms. The molecule has 0 aromatic carbocycles. The van der Waals surface area contributed by atoms with Gasteiger partial charge in [0.05, 0.1) is 18.8 Å². The highest BCUT2D eigenvalue weighted by molar-refractivity contribution is 5.85. The zero-order valence-electron chi connectivity index (χ0n) is 12.1. The summed E-state index contributed by atoms with van der Waals surface area (Å²) in [5, 5.41) is 9.00. The molecule has 1 aromatic rings. The van der Waals surface area contributed by atoms with Crippen molar-refractivity contribution in [1.82, 2.24) is 9.88 Å². The van der Waals surface area contributed by atoms with E-state index in [9.17, 15) is 9.59 Å². The molecule has 0 radical (unpaired) electrons. The Labute approximate surface area is 117 Å². The number of carboxylic acids is 1. The van der Waals surface area contributed by atoms with Gasteiger partial charge in [-0.1, -0.05) is 0 Å². The molecule has 2 rings (SSSR count). The first-order valence-electron chi connectivity index (χ1n) is 6.38. The lowest BCUT2D eigenvalue weighted by atomic mass is 10.1. The lowest BCUT2D eigenvalue weighted by Gasteiger charge is -2.24. The third-order valence-electron chi connectivity index (χ3n) is 2.99. The van der Waals surface area contributed by atoms with E-state index in [-0.39, 0.29) is 12.2 Å². The quantitative estimate of drug-likeness (QED) is 0.852. The number of ether oxygens (including phenoxy) is 1. The fraction of sp³-hybridized carbons (Fsp3) is 0.500. The second kappa shape index (κ2) is 4.77. The molecular weight excluding hydrogens is 260 g/mol. The summed E-state index contributed by atoms with van der Waals surface area (Å²) in [5.41, 5.74) is 1.82. The van der Waals surface area contributed by atoms with Gasteiger partial charge in [-0.2, -0.15) is 0 Å². The smallest absolute Gasteiger partial charge is 0.410 e. The van der Waals surface area contributed by atoms with Gasteiger partial charge in [-0.25, -0.2) is 14.6 Å². The maximum absolute atomic E-state index is 12.0. The van der Waals surface area contributed by atoms with Gasteiger partial charge in [0.25, 0.3) is 0 Å². The minimum Gasteiger partial charge on any atom is -0.477 e. The SMILES string of the molecule is Cc1cc(C(=O)O)nc2c1CN(C(=O)OC(C)(C)C)C2. The fourth-order valence-electron chi connectivity index (χ4n) is 2.10. The van der Waals surface area contributed by atoms with Gasteiger partial charge in [-0.15, -0.1) is 0 Å². The second-order valence-electron chi connectivity index (χ2n) is 5.89. The summed E-state index contributed by atoms with van der Waals surface area (Å²) in [6.45, 7) is 7.93. The van der Waals surface area contributed by atoms with Gasteiger partial charge in [0, 0.05) is 0 Å². The van der Waals surface area contributed by atoms with Crippen LogP contribution in [0.5, 0.6) is 0 Å². The molecule has 1 aliphatic rings. The highest BCUT2D eigenvalue weighted by Crippen LogP contribution is 2.26. The molecule has 1 amide bonds. The maximum Gasteiger partial charge on any atom is 0.410 e. The summed E-state index contributed by atoms with van der Waals surface area (Å²) >= 11 is 0. The summed E-state index contributed by atoms with van der Waals surface area (Å²) in [6, 6.07) is 1.53. The van der Waals surface area contributed by atoms with Crippen molar-refractivity contribution >= 4 is 12.1 Å². The van der Waals surface area contributed by atoms with E-state index in [2.05, 4.69) is 4.98 Å². The molecule has 1 aromatic heterocycles. The van der Waals surface area contributed by atoms with Crippen molar-refractivity contribution in [2.24, 2.45) is 0 Å². The van der Waals surface area contributed by atoms with E-state index in [0.29, 0.717) is 12.2 Å². The number of hydrogen-bond donors (Lipinski definition) is 1. The Morgan fingerprint density at radius 1 is 1.35 bits per heavy atom. The Balaban J connectivity index is 2.21. The first-order valence-corrected chi connectivity index (χ1v) is 6.38. The van der Waals surface area contributed by atoms with E-state index in [0.717, 1.165) is 11.1 Å². The van der Waals surface area contributed by atoms with Gasteiger partial charge in [-0.3, -0.25) is 4.90 Å². The van der Waals surface area contributed by atoms with Crippen molar-refractivity contribution < 1.29 is 19.4 Å². The molecule has 20 heavy (non-hydrogen) atoms. The molecule has 108 valence electrons. The molecular formula is C14H18N2O4. The van der Waals surface area contributed by atoms with Crippen LogP contribution in [-0.4, -0.2) is 32.7 Å². The second-order valence-corrected chi connectivity index (χ2v) is 5.89. The van der Waals surface area contributed by atoms with Gasteiger partial charge in [0.2, 0.25) is 0 Å². The van der Waals surface area contributed by atoms with Crippen molar-refractivity contribution in [2.75, 3.05) is 0 Å². The molecule has 6 heteroatoms. The highest BCUT2D eigenvalue weighted by Gasteiger charge is 2.30. The number of carbonyl (C=O) groups is 2. The van der Waals surface area contributed by atoms with Gasteiger partial charge in [-0.05, 0) is 44.9 Å². The number of nitrogens with zero attached hydrogens (tertiary/aromatic N) is 2. The predicted molar refractivity (Wildman–Crippen MR) is 71.4 cm³/mol. The summed E-state index contributed by atoms with van der Waals surface area (Å²) in [5.74, 6) is -1.06. The van der Waals surface area contributed by atoms with E-state index in [4.69, 9.17) is 9.84 Å².